The summed E-state index contributed by atoms with van der Waals surface area (Å²) in [5.41, 5.74) is -1.97. The number of ether oxygens (including phenoxy) is 1. The van der Waals surface area contributed by atoms with Gasteiger partial charge in [-0.15, -0.1) is 0 Å². The average molecular weight is 314 g/mol. The van der Waals surface area contributed by atoms with Crippen molar-refractivity contribution in [3.05, 3.63) is 28.8 Å². The number of likely N-dealkylation sites (N-methyl/N-ethyl adjacent to an activating group) is 1. The SMILES string of the molecule is CN(C(=O)OC(C)(C)C)C(C)(C=O)c1c(O)cccc1Cl. The zero-order valence-corrected chi connectivity index (χ0v) is 13.6. The summed E-state index contributed by atoms with van der Waals surface area (Å²) < 4.78 is 5.25. The minimum atomic E-state index is -1.44. The first-order valence-electron chi connectivity index (χ1n) is 6.44. The molecule has 0 fully saturated rings. The van der Waals surface area contributed by atoms with E-state index in [-0.39, 0.29) is 16.3 Å². The molecule has 6 heteroatoms. The molecule has 0 heterocycles. The fourth-order valence-corrected chi connectivity index (χ4v) is 2.20. The quantitative estimate of drug-likeness (QED) is 0.869. The third-order valence-electron chi connectivity index (χ3n) is 3.09. The number of aldehydes is 1. The number of carbonyl (C=O) groups is 2. The van der Waals surface area contributed by atoms with E-state index < -0.39 is 17.2 Å². The Bertz CT molecular complexity index is 533. The van der Waals surface area contributed by atoms with Crippen LogP contribution in [0.15, 0.2) is 18.2 Å². The molecule has 1 rings (SSSR count). The number of halogens is 1. The van der Waals surface area contributed by atoms with E-state index in [0.29, 0.717) is 6.29 Å². The van der Waals surface area contributed by atoms with Gasteiger partial charge >= 0.3 is 6.09 Å². The summed E-state index contributed by atoms with van der Waals surface area (Å²) in [4.78, 5) is 24.9. The van der Waals surface area contributed by atoms with Crippen molar-refractivity contribution in [1.29, 1.82) is 0 Å². The summed E-state index contributed by atoms with van der Waals surface area (Å²) >= 11 is 6.08. The number of rotatable bonds is 3. The Morgan fingerprint density at radius 1 is 1.33 bits per heavy atom. The molecule has 0 aromatic heterocycles. The average Bonchev–Trinajstić information content (AvgIpc) is 2.35. The van der Waals surface area contributed by atoms with Gasteiger partial charge in [-0.2, -0.15) is 0 Å². The van der Waals surface area contributed by atoms with Crippen LogP contribution in [0.3, 0.4) is 0 Å². The van der Waals surface area contributed by atoms with Crippen LogP contribution in [0.2, 0.25) is 5.02 Å². The van der Waals surface area contributed by atoms with Crippen molar-refractivity contribution in [3.63, 3.8) is 0 Å². The lowest BCUT2D eigenvalue weighted by Crippen LogP contribution is -2.48. The summed E-state index contributed by atoms with van der Waals surface area (Å²) in [6, 6.07) is 4.51. The van der Waals surface area contributed by atoms with Gasteiger partial charge in [-0.3, -0.25) is 4.90 Å². The van der Waals surface area contributed by atoms with E-state index in [9.17, 15) is 14.7 Å². The molecule has 0 saturated carbocycles. The Balaban J connectivity index is 3.27. The first-order valence-corrected chi connectivity index (χ1v) is 6.82. The van der Waals surface area contributed by atoms with Crippen LogP contribution >= 0.6 is 11.6 Å². The zero-order valence-electron chi connectivity index (χ0n) is 12.8. The van der Waals surface area contributed by atoms with Gasteiger partial charge in [0.15, 0.2) is 0 Å². The van der Waals surface area contributed by atoms with Gasteiger partial charge in [0, 0.05) is 12.6 Å². The summed E-state index contributed by atoms with van der Waals surface area (Å²) in [5, 5.41) is 10.2. The highest BCUT2D eigenvalue weighted by atomic mass is 35.5. The highest BCUT2D eigenvalue weighted by molar-refractivity contribution is 6.32. The molecule has 0 saturated heterocycles. The fraction of sp³-hybridized carbons (Fsp3) is 0.467. The minimum Gasteiger partial charge on any atom is -0.508 e. The lowest BCUT2D eigenvalue weighted by Gasteiger charge is -2.36. The van der Waals surface area contributed by atoms with Gasteiger partial charge < -0.3 is 14.6 Å². The second-order valence-corrected chi connectivity index (χ2v) is 6.35. The molecule has 0 radical (unpaired) electrons. The van der Waals surface area contributed by atoms with Crippen LogP contribution in [-0.2, 0) is 15.1 Å². The van der Waals surface area contributed by atoms with Crippen molar-refractivity contribution < 1.29 is 19.4 Å². The molecule has 0 bridgehead atoms. The molecule has 1 unspecified atom stereocenters. The molecule has 1 N–H and O–H groups in total. The zero-order chi connectivity index (χ0) is 16.4. The van der Waals surface area contributed by atoms with E-state index in [1.54, 1.807) is 32.9 Å². The maximum atomic E-state index is 12.2. The number of phenols is 1. The van der Waals surface area contributed by atoms with Gasteiger partial charge in [0.25, 0.3) is 0 Å². The molecule has 1 atom stereocenters. The molecule has 5 nitrogen and oxygen atoms in total. The Hall–Kier alpha value is -1.75. The van der Waals surface area contributed by atoms with E-state index in [1.165, 1.54) is 20.0 Å². The molecule has 21 heavy (non-hydrogen) atoms. The Morgan fingerprint density at radius 2 is 1.90 bits per heavy atom. The van der Waals surface area contributed by atoms with E-state index in [2.05, 4.69) is 0 Å². The Labute approximate surface area is 129 Å². The third-order valence-corrected chi connectivity index (χ3v) is 3.41. The lowest BCUT2D eigenvalue weighted by molar-refractivity contribution is -0.117. The summed E-state index contributed by atoms with van der Waals surface area (Å²) in [5.74, 6) is -0.160. The predicted octanol–water partition coefficient (Wildman–Crippen LogP) is 3.33. The van der Waals surface area contributed by atoms with E-state index in [4.69, 9.17) is 16.3 Å². The number of amides is 1. The van der Waals surface area contributed by atoms with Crippen molar-refractivity contribution in [2.24, 2.45) is 0 Å². The largest absolute Gasteiger partial charge is 0.508 e. The van der Waals surface area contributed by atoms with Gasteiger partial charge in [-0.1, -0.05) is 17.7 Å². The standard InChI is InChI=1S/C15H20ClNO4/c1-14(2,3)21-13(20)17(5)15(4,9-18)12-10(16)7-6-8-11(12)19/h6-9,19H,1-5H3. The van der Waals surface area contributed by atoms with Crippen LogP contribution in [0.1, 0.15) is 33.3 Å². The molecule has 0 aliphatic carbocycles. The number of benzene rings is 1. The maximum Gasteiger partial charge on any atom is 0.411 e. The monoisotopic (exact) mass is 313 g/mol. The smallest absolute Gasteiger partial charge is 0.411 e. The molecule has 0 aliphatic heterocycles. The minimum absolute atomic E-state index is 0.160. The van der Waals surface area contributed by atoms with Gasteiger partial charge in [-0.05, 0) is 39.8 Å². The number of hydrogen-bond donors (Lipinski definition) is 1. The van der Waals surface area contributed by atoms with Crippen LogP contribution in [0.4, 0.5) is 4.79 Å². The molecular formula is C15H20ClNO4. The van der Waals surface area contributed by atoms with Crippen molar-refractivity contribution in [2.75, 3.05) is 7.05 Å². The predicted molar refractivity (Wildman–Crippen MR) is 80.5 cm³/mol. The topological polar surface area (TPSA) is 66.8 Å². The summed E-state index contributed by atoms with van der Waals surface area (Å²) in [6.07, 6.45) is -0.130. The van der Waals surface area contributed by atoms with Crippen molar-refractivity contribution in [2.45, 2.75) is 38.8 Å². The van der Waals surface area contributed by atoms with Gasteiger partial charge in [0.1, 0.15) is 23.2 Å². The summed E-state index contributed by atoms with van der Waals surface area (Å²) in [7, 11) is 1.42. The molecule has 0 spiro atoms. The van der Waals surface area contributed by atoms with Crippen molar-refractivity contribution in [1.82, 2.24) is 4.90 Å². The van der Waals surface area contributed by atoms with Gasteiger partial charge in [0.2, 0.25) is 0 Å². The molecule has 1 aromatic carbocycles. The Morgan fingerprint density at radius 3 is 2.33 bits per heavy atom. The van der Waals surface area contributed by atoms with Crippen LogP contribution in [0, 0.1) is 0 Å². The highest BCUT2D eigenvalue weighted by Crippen LogP contribution is 2.38. The van der Waals surface area contributed by atoms with Crippen LogP contribution in [0.25, 0.3) is 0 Å². The first kappa shape index (κ1) is 17.3. The van der Waals surface area contributed by atoms with Crippen molar-refractivity contribution >= 4 is 24.0 Å². The number of nitrogens with zero attached hydrogens (tertiary/aromatic N) is 1. The van der Waals surface area contributed by atoms with Gasteiger partial charge in [-0.25, -0.2) is 4.79 Å². The van der Waals surface area contributed by atoms with Crippen molar-refractivity contribution in [3.8, 4) is 5.75 Å². The molecular weight excluding hydrogens is 294 g/mol. The van der Waals surface area contributed by atoms with E-state index in [0.717, 1.165) is 4.90 Å². The number of carbonyl (C=O) groups excluding carboxylic acids is 2. The fourth-order valence-electron chi connectivity index (χ4n) is 1.84. The molecule has 0 aliphatic rings. The molecule has 1 amide bonds. The lowest BCUT2D eigenvalue weighted by atomic mass is 9.91. The molecule has 116 valence electrons. The number of aromatic hydroxyl groups is 1. The third kappa shape index (κ3) is 3.67. The van der Waals surface area contributed by atoms with Gasteiger partial charge in [0.05, 0.1) is 5.02 Å². The number of phenolic OH excluding ortho intramolecular Hbond substituents is 1. The first-order chi connectivity index (χ1) is 9.53. The maximum absolute atomic E-state index is 12.2. The van der Waals surface area contributed by atoms with Crippen LogP contribution < -0.4 is 0 Å². The molecule has 1 aromatic rings. The van der Waals surface area contributed by atoms with E-state index >= 15 is 0 Å². The summed E-state index contributed by atoms with van der Waals surface area (Å²) in [6.45, 7) is 6.67. The number of hydrogen-bond acceptors (Lipinski definition) is 4. The van der Waals surface area contributed by atoms with Crippen LogP contribution in [-0.4, -0.2) is 35.0 Å². The highest BCUT2D eigenvalue weighted by Gasteiger charge is 2.40. The van der Waals surface area contributed by atoms with Crippen LogP contribution in [0.5, 0.6) is 5.75 Å². The Kier molecular flexibility index (Phi) is 4.89. The second kappa shape index (κ2) is 5.93. The second-order valence-electron chi connectivity index (χ2n) is 5.94. The normalized spacial score (nSPS) is 14.2. The van der Waals surface area contributed by atoms with E-state index in [1.807, 2.05) is 0 Å².